The number of carbonyl (C=O) groups excluding carboxylic acids is 2. The average Bonchev–Trinajstić information content (AvgIpc) is 2.55. The van der Waals surface area contributed by atoms with Crippen LogP contribution in [0.5, 0.6) is 0 Å². The molecule has 0 spiro atoms. The summed E-state index contributed by atoms with van der Waals surface area (Å²) in [6.45, 7) is 2.14. The first-order valence-electron chi connectivity index (χ1n) is 7.23. The van der Waals surface area contributed by atoms with Crippen molar-refractivity contribution in [2.75, 3.05) is 31.6 Å². The van der Waals surface area contributed by atoms with Gasteiger partial charge in [-0.1, -0.05) is 18.2 Å². The molecule has 0 bridgehead atoms. The minimum absolute atomic E-state index is 0.172. The summed E-state index contributed by atoms with van der Waals surface area (Å²) in [7, 11) is 0. The monoisotopic (exact) mass is 299 g/mol. The van der Waals surface area contributed by atoms with E-state index in [-0.39, 0.29) is 18.2 Å². The first kappa shape index (κ1) is 14.5. The van der Waals surface area contributed by atoms with Crippen molar-refractivity contribution >= 4 is 28.5 Å². The highest BCUT2D eigenvalue weighted by molar-refractivity contribution is 6.03. The van der Waals surface area contributed by atoms with E-state index in [4.69, 9.17) is 4.74 Å². The Bertz CT molecular complexity index is 696. The highest BCUT2D eigenvalue weighted by Gasteiger charge is 2.19. The van der Waals surface area contributed by atoms with Crippen LogP contribution in [0.3, 0.4) is 0 Å². The summed E-state index contributed by atoms with van der Waals surface area (Å²) in [4.78, 5) is 30.0. The molecule has 1 saturated heterocycles. The summed E-state index contributed by atoms with van der Waals surface area (Å²) in [6, 6.07) is 11.3. The van der Waals surface area contributed by atoms with Crippen molar-refractivity contribution in [1.82, 2.24) is 9.88 Å². The number of hydrogen-bond donors (Lipinski definition) is 1. The average molecular weight is 299 g/mol. The molecule has 0 atom stereocenters. The minimum Gasteiger partial charge on any atom is -0.378 e. The third-order valence-corrected chi connectivity index (χ3v) is 3.54. The molecule has 1 aromatic heterocycles. The Labute approximate surface area is 128 Å². The number of ether oxygens (including phenoxy) is 1. The molecule has 1 aromatic carbocycles. The number of aromatic nitrogens is 1. The molecule has 0 saturated carbocycles. The lowest BCUT2D eigenvalue weighted by atomic mass is 10.2. The molecule has 2 heterocycles. The van der Waals surface area contributed by atoms with Gasteiger partial charge in [-0.2, -0.15) is 0 Å². The van der Waals surface area contributed by atoms with Crippen molar-refractivity contribution in [3.63, 3.8) is 0 Å². The number of hydrogen-bond acceptors (Lipinski definition) is 4. The number of amides is 2. The van der Waals surface area contributed by atoms with Gasteiger partial charge in [-0.25, -0.2) is 4.98 Å². The lowest BCUT2D eigenvalue weighted by Crippen LogP contribution is -2.42. The van der Waals surface area contributed by atoms with Gasteiger partial charge >= 0.3 is 0 Å². The maximum atomic E-state index is 12.0. The number of benzene rings is 1. The molecule has 1 fully saturated rings. The van der Waals surface area contributed by atoms with Gasteiger partial charge in [0.2, 0.25) is 11.8 Å². The number of fused-ring (bicyclic) bond motifs is 1. The summed E-state index contributed by atoms with van der Waals surface area (Å²) >= 11 is 0. The first-order chi connectivity index (χ1) is 10.7. The summed E-state index contributed by atoms with van der Waals surface area (Å²) < 4.78 is 5.19. The van der Waals surface area contributed by atoms with Crippen LogP contribution >= 0.6 is 0 Å². The lowest BCUT2D eigenvalue weighted by molar-refractivity contribution is -0.138. The van der Waals surface area contributed by atoms with Crippen LogP contribution in [-0.4, -0.2) is 48.0 Å². The number of carbonyl (C=O) groups is 2. The van der Waals surface area contributed by atoms with Crippen LogP contribution in [0.15, 0.2) is 36.4 Å². The second kappa shape index (κ2) is 6.53. The molecular weight excluding hydrogens is 282 g/mol. The standard InChI is InChI=1S/C16H17N3O3/c20-15(11-16(21)19-7-9-22-10-8-19)18-14-6-5-12-3-1-2-4-13(12)17-14/h1-6H,7-11H2,(H,17,18,20). The maximum Gasteiger partial charge on any atom is 0.234 e. The van der Waals surface area contributed by atoms with Crippen LogP contribution in [-0.2, 0) is 14.3 Å². The Hall–Kier alpha value is -2.47. The van der Waals surface area contributed by atoms with Gasteiger partial charge in [-0.15, -0.1) is 0 Å². The first-order valence-corrected chi connectivity index (χ1v) is 7.23. The summed E-state index contributed by atoms with van der Waals surface area (Å²) in [5.74, 6) is -0.0701. The van der Waals surface area contributed by atoms with Crippen LogP contribution in [0, 0.1) is 0 Å². The van der Waals surface area contributed by atoms with Gasteiger partial charge in [0.1, 0.15) is 12.2 Å². The van der Waals surface area contributed by atoms with Crippen LogP contribution < -0.4 is 5.32 Å². The van der Waals surface area contributed by atoms with Crippen molar-refractivity contribution < 1.29 is 14.3 Å². The lowest BCUT2D eigenvalue weighted by Gasteiger charge is -2.26. The third kappa shape index (κ3) is 3.40. The van der Waals surface area contributed by atoms with Crippen molar-refractivity contribution in [2.45, 2.75) is 6.42 Å². The molecule has 22 heavy (non-hydrogen) atoms. The maximum absolute atomic E-state index is 12.0. The topological polar surface area (TPSA) is 71.5 Å². The van der Waals surface area contributed by atoms with Gasteiger partial charge < -0.3 is 15.0 Å². The molecule has 1 aliphatic rings. The zero-order valence-electron chi connectivity index (χ0n) is 12.1. The molecular formula is C16H17N3O3. The van der Waals surface area contributed by atoms with E-state index in [9.17, 15) is 9.59 Å². The van der Waals surface area contributed by atoms with Gasteiger partial charge in [-0.3, -0.25) is 9.59 Å². The van der Waals surface area contributed by atoms with Crippen LogP contribution in [0.25, 0.3) is 10.9 Å². The normalized spacial score (nSPS) is 14.8. The van der Waals surface area contributed by atoms with E-state index in [1.807, 2.05) is 30.3 Å². The third-order valence-electron chi connectivity index (χ3n) is 3.54. The van der Waals surface area contributed by atoms with Crippen molar-refractivity contribution in [1.29, 1.82) is 0 Å². The Balaban J connectivity index is 1.61. The summed E-state index contributed by atoms with van der Waals surface area (Å²) in [6.07, 6.45) is -0.172. The largest absolute Gasteiger partial charge is 0.378 e. The van der Waals surface area contributed by atoms with E-state index in [2.05, 4.69) is 10.3 Å². The number of pyridine rings is 1. The van der Waals surface area contributed by atoms with E-state index in [1.54, 1.807) is 11.0 Å². The number of anilines is 1. The molecule has 3 rings (SSSR count). The Morgan fingerprint density at radius 2 is 1.91 bits per heavy atom. The van der Waals surface area contributed by atoms with E-state index in [0.717, 1.165) is 10.9 Å². The van der Waals surface area contributed by atoms with Crippen molar-refractivity contribution in [3.05, 3.63) is 36.4 Å². The fourth-order valence-electron chi connectivity index (χ4n) is 2.38. The van der Waals surface area contributed by atoms with E-state index >= 15 is 0 Å². The Kier molecular flexibility index (Phi) is 4.29. The molecule has 2 amide bonds. The van der Waals surface area contributed by atoms with Gasteiger partial charge in [0.15, 0.2) is 0 Å². The Morgan fingerprint density at radius 3 is 2.73 bits per heavy atom. The van der Waals surface area contributed by atoms with Crippen molar-refractivity contribution in [3.8, 4) is 0 Å². The molecule has 2 aromatic rings. The van der Waals surface area contributed by atoms with Crippen LogP contribution in [0.2, 0.25) is 0 Å². The number of para-hydroxylation sites is 1. The number of morpholine rings is 1. The highest BCUT2D eigenvalue weighted by atomic mass is 16.5. The van der Waals surface area contributed by atoms with Crippen LogP contribution in [0.1, 0.15) is 6.42 Å². The highest BCUT2D eigenvalue weighted by Crippen LogP contribution is 2.14. The number of nitrogens with zero attached hydrogens (tertiary/aromatic N) is 2. The van der Waals surface area contributed by atoms with E-state index < -0.39 is 0 Å². The molecule has 1 aliphatic heterocycles. The van der Waals surface area contributed by atoms with Gasteiger partial charge in [0.25, 0.3) is 0 Å². The molecule has 114 valence electrons. The summed E-state index contributed by atoms with van der Waals surface area (Å²) in [5, 5.41) is 3.68. The Morgan fingerprint density at radius 1 is 1.14 bits per heavy atom. The zero-order chi connectivity index (χ0) is 15.4. The smallest absolute Gasteiger partial charge is 0.234 e. The second-order valence-electron chi connectivity index (χ2n) is 5.11. The molecule has 0 radical (unpaired) electrons. The second-order valence-corrected chi connectivity index (χ2v) is 5.11. The minimum atomic E-state index is -0.348. The molecule has 6 heteroatoms. The fraction of sp³-hybridized carbons (Fsp3) is 0.312. The predicted molar refractivity (Wildman–Crippen MR) is 82.4 cm³/mol. The van der Waals surface area contributed by atoms with E-state index in [0.29, 0.717) is 32.1 Å². The van der Waals surface area contributed by atoms with E-state index in [1.165, 1.54) is 0 Å². The predicted octanol–water partition coefficient (Wildman–Crippen LogP) is 1.42. The van der Waals surface area contributed by atoms with Gasteiger partial charge in [-0.05, 0) is 18.2 Å². The molecule has 0 aliphatic carbocycles. The number of nitrogens with one attached hydrogen (secondary N) is 1. The summed E-state index contributed by atoms with van der Waals surface area (Å²) in [5.41, 5.74) is 0.805. The molecule has 0 unspecified atom stereocenters. The fourth-order valence-corrected chi connectivity index (χ4v) is 2.38. The van der Waals surface area contributed by atoms with Crippen molar-refractivity contribution in [2.24, 2.45) is 0 Å². The SMILES string of the molecule is O=C(CC(=O)N1CCOCC1)Nc1ccc2ccccc2n1. The van der Waals surface area contributed by atoms with Gasteiger partial charge in [0, 0.05) is 18.5 Å². The van der Waals surface area contributed by atoms with Gasteiger partial charge in [0.05, 0.1) is 18.7 Å². The molecule has 6 nitrogen and oxygen atoms in total. The molecule has 1 N–H and O–H groups in total. The van der Waals surface area contributed by atoms with Crippen LogP contribution in [0.4, 0.5) is 5.82 Å². The number of rotatable bonds is 3. The zero-order valence-corrected chi connectivity index (χ0v) is 12.1. The quantitative estimate of drug-likeness (QED) is 0.870.